The van der Waals surface area contributed by atoms with Gasteiger partial charge in [0.2, 0.25) is 5.91 Å². The number of amides is 1. The van der Waals surface area contributed by atoms with E-state index in [0.29, 0.717) is 13.0 Å². The van der Waals surface area contributed by atoms with Crippen molar-refractivity contribution in [3.05, 3.63) is 40.4 Å². The van der Waals surface area contributed by atoms with E-state index >= 15 is 0 Å². The fourth-order valence-corrected chi connectivity index (χ4v) is 2.92. The van der Waals surface area contributed by atoms with Gasteiger partial charge >= 0.3 is 5.97 Å². The van der Waals surface area contributed by atoms with Crippen molar-refractivity contribution in [1.29, 1.82) is 0 Å². The third-order valence-electron chi connectivity index (χ3n) is 3.59. The summed E-state index contributed by atoms with van der Waals surface area (Å²) in [6, 6.07) is 6.90. The van der Waals surface area contributed by atoms with Gasteiger partial charge in [0.1, 0.15) is 6.04 Å². The molecule has 0 saturated carbocycles. The van der Waals surface area contributed by atoms with Gasteiger partial charge in [0.05, 0.1) is 0 Å². The number of carboxylic acids is 1. The summed E-state index contributed by atoms with van der Waals surface area (Å²) in [6.07, 6.45) is 6.41. The second-order valence-corrected chi connectivity index (χ2v) is 6.04. The number of benzene rings is 1. The van der Waals surface area contributed by atoms with Crippen molar-refractivity contribution in [3.8, 4) is 0 Å². The molecule has 112 valence electrons. The standard InChI is InChI=1S/C16H18BrNO3/c17-13-6-4-5-12(11-13)8-9-15(19)18-10-3-1-2-7-14(18)16(20)21/h4-6,8-9,11,14H,1-3,7,10H2,(H,20,21). The number of hydrogen-bond donors (Lipinski definition) is 1. The molecule has 5 heteroatoms. The molecule has 4 nitrogen and oxygen atoms in total. The molecule has 1 atom stereocenters. The molecule has 0 bridgehead atoms. The topological polar surface area (TPSA) is 57.6 Å². The Morgan fingerprint density at radius 1 is 1.29 bits per heavy atom. The summed E-state index contributed by atoms with van der Waals surface area (Å²) < 4.78 is 0.940. The molecule has 1 aliphatic rings. The Hall–Kier alpha value is -1.62. The first-order valence-electron chi connectivity index (χ1n) is 7.05. The first kappa shape index (κ1) is 15.8. The number of aliphatic carboxylic acids is 1. The molecule has 1 aromatic carbocycles. The van der Waals surface area contributed by atoms with Crippen LogP contribution < -0.4 is 0 Å². The van der Waals surface area contributed by atoms with Crippen LogP contribution >= 0.6 is 15.9 Å². The second kappa shape index (κ2) is 7.41. The fourth-order valence-electron chi connectivity index (χ4n) is 2.50. The lowest BCUT2D eigenvalue weighted by Crippen LogP contribution is -2.43. The summed E-state index contributed by atoms with van der Waals surface area (Å²) in [4.78, 5) is 25.1. The minimum atomic E-state index is -0.916. The molecule has 1 fully saturated rings. The predicted molar refractivity (Wildman–Crippen MR) is 84.8 cm³/mol. The summed E-state index contributed by atoms with van der Waals surface area (Å²) in [6.45, 7) is 0.513. The van der Waals surface area contributed by atoms with Crippen LogP contribution in [0.5, 0.6) is 0 Å². The largest absolute Gasteiger partial charge is 0.480 e. The van der Waals surface area contributed by atoms with Crippen LogP contribution in [-0.4, -0.2) is 34.5 Å². The van der Waals surface area contributed by atoms with E-state index < -0.39 is 12.0 Å². The molecule has 0 radical (unpaired) electrons. The number of carbonyl (C=O) groups is 2. The fraction of sp³-hybridized carbons (Fsp3) is 0.375. The maximum Gasteiger partial charge on any atom is 0.326 e. The van der Waals surface area contributed by atoms with Crippen molar-refractivity contribution < 1.29 is 14.7 Å². The van der Waals surface area contributed by atoms with E-state index in [4.69, 9.17) is 0 Å². The maximum atomic E-state index is 12.3. The van der Waals surface area contributed by atoms with Gasteiger partial charge in [-0.15, -0.1) is 0 Å². The van der Waals surface area contributed by atoms with Crippen molar-refractivity contribution >= 4 is 33.9 Å². The molecule has 1 aliphatic heterocycles. The van der Waals surface area contributed by atoms with E-state index in [0.717, 1.165) is 29.3 Å². The van der Waals surface area contributed by atoms with Crippen LogP contribution in [0.2, 0.25) is 0 Å². The number of carboxylic acid groups (broad SMARTS) is 1. The predicted octanol–water partition coefficient (Wildman–Crippen LogP) is 3.32. The summed E-state index contributed by atoms with van der Waals surface area (Å²) in [5, 5.41) is 9.28. The molecular formula is C16H18BrNO3. The number of rotatable bonds is 3. The van der Waals surface area contributed by atoms with Crippen LogP contribution in [-0.2, 0) is 9.59 Å². The molecule has 1 N–H and O–H groups in total. The first-order valence-corrected chi connectivity index (χ1v) is 7.84. The quantitative estimate of drug-likeness (QED) is 0.849. The zero-order chi connectivity index (χ0) is 15.2. The van der Waals surface area contributed by atoms with Crippen molar-refractivity contribution in [2.45, 2.75) is 31.7 Å². The Morgan fingerprint density at radius 3 is 2.81 bits per heavy atom. The van der Waals surface area contributed by atoms with E-state index in [-0.39, 0.29) is 5.91 Å². The van der Waals surface area contributed by atoms with Crippen LogP contribution in [0.15, 0.2) is 34.8 Å². The van der Waals surface area contributed by atoms with Gasteiger partial charge in [-0.1, -0.05) is 40.9 Å². The number of hydrogen-bond acceptors (Lipinski definition) is 2. The average Bonchev–Trinajstić information content (AvgIpc) is 2.70. The molecule has 1 unspecified atom stereocenters. The maximum absolute atomic E-state index is 12.3. The monoisotopic (exact) mass is 351 g/mol. The molecule has 0 aromatic heterocycles. The Bertz CT molecular complexity index is 556. The van der Waals surface area contributed by atoms with Crippen molar-refractivity contribution in [1.82, 2.24) is 4.90 Å². The summed E-state index contributed by atoms with van der Waals surface area (Å²) in [7, 11) is 0. The molecule has 1 saturated heterocycles. The SMILES string of the molecule is O=C(O)C1CCCCCN1C(=O)C=Cc1cccc(Br)c1. The molecule has 1 heterocycles. The van der Waals surface area contributed by atoms with Gasteiger partial charge in [0, 0.05) is 17.1 Å². The highest BCUT2D eigenvalue weighted by Crippen LogP contribution is 2.18. The normalized spacial score (nSPS) is 19.5. The van der Waals surface area contributed by atoms with E-state index in [1.165, 1.54) is 11.0 Å². The first-order chi connectivity index (χ1) is 10.1. The van der Waals surface area contributed by atoms with Crippen LogP contribution in [0, 0.1) is 0 Å². The van der Waals surface area contributed by atoms with Crippen molar-refractivity contribution in [2.75, 3.05) is 6.54 Å². The third-order valence-corrected chi connectivity index (χ3v) is 4.08. The number of carbonyl (C=O) groups excluding carboxylic acids is 1. The Morgan fingerprint density at radius 2 is 2.10 bits per heavy atom. The molecule has 21 heavy (non-hydrogen) atoms. The lowest BCUT2D eigenvalue weighted by molar-refractivity contribution is -0.148. The van der Waals surface area contributed by atoms with E-state index in [9.17, 15) is 14.7 Å². The Labute approximate surface area is 132 Å². The zero-order valence-corrected chi connectivity index (χ0v) is 13.3. The average molecular weight is 352 g/mol. The van der Waals surface area contributed by atoms with Gasteiger partial charge in [-0.3, -0.25) is 4.79 Å². The van der Waals surface area contributed by atoms with Gasteiger partial charge in [-0.05, 0) is 36.6 Å². The molecule has 0 spiro atoms. The van der Waals surface area contributed by atoms with Gasteiger partial charge in [-0.2, -0.15) is 0 Å². The lowest BCUT2D eigenvalue weighted by Gasteiger charge is -2.25. The van der Waals surface area contributed by atoms with Crippen LogP contribution in [0.1, 0.15) is 31.2 Å². The van der Waals surface area contributed by atoms with Crippen LogP contribution in [0.4, 0.5) is 0 Å². The van der Waals surface area contributed by atoms with Gasteiger partial charge in [-0.25, -0.2) is 4.79 Å². The summed E-state index contributed by atoms with van der Waals surface area (Å²) in [5.41, 5.74) is 0.902. The Balaban J connectivity index is 2.11. The molecule has 1 amide bonds. The molecule has 2 rings (SSSR count). The van der Waals surface area contributed by atoms with E-state index in [1.54, 1.807) is 6.08 Å². The summed E-state index contributed by atoms with van der Waals surface area (Å²) >= 11 is 3.38. The number of likely N-dealkylation sites (tertiary alicyclic amines) is 1. The van der Waals surface area contributed by atoms with Gasteiger partial charge in [0.25, 0.3) is 0 Å². The van der Waals surface area contributed by atoms with Gasteiger partial charge < -0.3 is 10.0 Å². The van der Waals surface area contributed by atoms with E-state index in [2.05, 4.69) is 15.9 Å². The smallest absolute Gasteiger partial charge is 0.326 e. The van der Waals surface area contributed by atoms with E-state index in [1.807, 2.05) is 24.3 Å². The highest BCUT2D eigenvalue weighted by atomic mass is 79.9. The van der Waals surface area contributed by atoms with Gasteiger partial charge in [0.15, 0.2) is 0 Å². The Kier molecular flexibility index (Phi) is 5.56. The highest BCUT2D eigenvalue weighted by molar-refractivity contribution is 9.10. The molecule has 0 aliphatic carbocycles. The zero-order valence-electron chi connectivity index (χ0n) is 11.7. The highest BCUT2D eigenvalue weighted by Gasteiger charge is 2.29. The lowest BCUT2D eigenvalue weighted by atomic mass is 10.1. The molecule has 1 aromatic rings. The number of halogens is 1. The van der Waals surface area contributed by atoms with Crippen LogP contribution in [0.3, 0.4) is 0 Å². The summed E-state index contributed by atoms with van der Waals surface area (Å²) in [5.74, 6) is -1.15. The number of nitrogens with zero attached hydrogens (tertiary/aromatic N) is 1. The minimum absolute atomic E-state index is 0.232. The van der Waals surface area contributed by atoms with Crippen LogP contribution in [0.25, 0.3) is 6.08 Å². The second-order valence-electron chi connectivity index (χ2n) is 5.12. The molecular weight excluding hydrogens is 334 g/mol. The minimum Gasteiger partial charge on any atom is -0.480 e. The third kappa shape index (κ3) is 4.43. The van der Waals surface area contributed by atoms with Crippen molar-refractivity contribution in [2.24, 2.45) is 0 Å². The van der Waals surface area contributed by atoms with Crippen molar-refractivity contribution in [3.63, 3.8) is 0 Å².